The molecule has 11 heteroatoms. The van der Waals surface area contributed by atoms with Crippen molar-refractivity contribution in [2.45, 2.75) is 12.8 Å². The average Bonchev–Trinajstić information content (AvgIpc) is 3.36. The smallest absolute Gasteiger partial charge is 0.243 e. The Bertz CT molecular complexity index is 992. The van der Waals surface area contributed by atoms with Crippen molar-refractivity contribution in [2.75, 3.05) is 11.9 Å². The van der Waals surface area contributed by atoms with Crippen LogP contribution >= 0.6 is 11.3 Å². The van der Waals surface area contributed by atoms with Gasteiger partial charge >= 0.3 is 0 Å². The van der Waals surface area contributed by atoms with Gasteiger partial charge in [0.05, 0.1) is 12.2 Å². The Morgan fingerprint density at radius 1 is 1.11 bits per heavy atom. The van der Waals surface area contributed by atoms with E-state index in [1.165, 1.54) is 11.3 Å². The number of anilines is 1. The zero-order chi connectivity index (χ0) is 20.1. The first-order valence-electron chi connectivity index (χ1n) is 7.99. The minimum Gasteiger partial charge on any atom is -0.347 e. The topological polar surface area (TPSA) is 97.1 Å². The van der Waals surface area contributed by atoms with Crippen LogP contribution in [-0.4, -0.2) is 28.5 Å². The molecule has 0 aliphatic heterocycles. The van der Waals surface area contributed by atoms with Crippen molar-refractivity contribution < 1.29 is 27.3 Å². The second-order valence-electron chi connectivity index (χ2n) is 5.57. The van der Waals surface area contributed by atoms with Crippen LogP contribution in [0.25, 0.3) is 11.4 Å². The molecule has 1 aromatic carbocycles. The fraction of sp³-hybridized carbons (Fsp3) is 0.176. The molecule has 0 saturated carbocycles. The molecule has 7 nitrogen and oxygen atoms in total. The van der Waals surface area contributed by atoms with Crippen LogP contribution in [0, 0.1) is 17.5 Å². The van der Waals surface area contributed by atoms with Gasteiger partial charge in [-0.3, -0.25) is 9.59 Å². The Hall–Kier alpha value is -3.21. The molecule has 3 aromatic rings. The lowest BCUT2D eigenvalue weighted by atomic mass is 10.2. The lowest BCUT2D eigenvalue weighted by Crippen LogP contribution is -2.33. The lowest BCUT2D eigenvalue weighted by molar-refractivity contribution is -0.124. The van der Waals surface area contributed by atoms with E-state index in [0.29, 0.717) is 11.9 Å². The summed E-state index contributed by atoms with van der Waals surface area (Å²) in [5.41, 5.74) is 0.288. The van der Waals surface area contributed by atoms with E-state index < -0.39 is 41.5 Å². The zero-order valence-corrected chi connectivity index (χ0v) is 15.0. The summed E-state index contributed by atoms with van der Waals surface area (Å²) < 4.78 is 44.5. The minimum atomic E-state index is -1.69. The van der Waals surface area contributed by atoms with Crippen LogP contribution in [-0.2, 0) is 16.0 Å². The number of aromatic nitrogens is 2. The van der Waals surface area contributed by atoms with Gasteiger partial charge in [-0.1, -0.05) is 5.16 Å². The number of thiophene rings is 1. The summed E-state index contributed by atoms with van der Waals surface area (Å²) in [5.74, 6) is -5.16. The molecule has 146 valence electrons. The number of nitrogens with zero attached hydrogens (tertiary/aromatic N) is 2. The molecule has 0 fully saturated rings. The zero-order valence-electron chi connectivity index (χ0n) is 14.2. The molecule has 2 aromatic heterocycles. The second-order valence-corrected chi connectivity index (χ2v) is 6.35. The SMILES string of the molecule is O=C(CCc1nc(-c2ccsc2)no1)NCC(=O)Nc1ccc(F)c(F)c1F. The van der Waals surface area contributed by atoms with E-state index in [0.717, 1.165) is 11.6 Å². The van der Waals surface area contributed by atoms with E-state index >= 15 is 0 Å². The lowest BCUT2D eigenvalue weighted by Gasteiger charge is -2.08. The van der Waals surface area contributed by atoms with Gasteiger partial charge in [0.25, 0.3) is 0 Å². The Kier molecular flexibility index (Phi) is 6.04. The van der Waals surface area contributed by atoms with Crippen molar-refractivity contribution in [3.63, 3.8) is 0 Å². The Labute approximate surface area is 160 Å². The molecule has 28 heavy (non-hydrogen) atoms. The van der Waals surface area contributed by atoms with Crippen molar-refractivity contribution in [1.29, 1.82) is 0 Å². The van der Waals surface area contributed by atoms with Crippen molar-refractivity contribution in [1.82, 2.24) is 15.5 Å². The number of hydrogen-bond donors (Lipinski definition) is 2. The fourth-order valence-corrected chi connectivity index (χ4v) is 2.80. The largest absolute Gasteiger partial charge is 0.347 e. The third-order valence-electron chi connectivity index (χ3n) is 3.57. The van der Waals surface area contributed by atoms with Crippen LogP contribution in [0.15, 0.2) is 33.5 Å². The fourth-order valence-electron chi connectivity index (χ4n) is 2.17. The molecule has 0 unspecified atom stereocenters. The van der Waals surface area contributed by atoms with E-state index in [9.17, 15) is 22.8 Å². The first-order valence-corrected chi connectivity index (χ1v) is 8.93. The quantitative estimate of drug-likeness (QED) is 0.584. The van der Waals surface area contributed by atoms with Crippen molar-refractivity contribution in [2.24, 2.45) is 0 Å². The normalized spacial score (nSPS) is 10.7. The number of rotatable bonds is 7. The molecule has 0 atom stereocenters. The molecule has 0 saturated heterocycles. The molecule has 2 N–H and O–H groups in total. The highest BCUT2D eigenvalue weighted by Crippen LogP contribution is 2.20. The number of hydrogen-bond acceptors (Lipinski definition) is 6. The van der Waals surface area contributed by atoms with Crippen molar-refractivity contribution in [3.8, 4) is 11.4 Å². The summed E-state index contributed by atoms with van der Waals surface area (Å²) in [6, 6.07) is 3.40. The Balaban J connectivity index is 1.44. The number of carbonyl (C=O) groups excluding carboxylic acids is 2. The molecule has 0 bridgehead atoms. The molecular weight excluding hydrogens is 397 g/mol. The molecule has 2 amide bonds. The number of benzene rings is 1. The van der Waals surface area contributed by atoms with Crippen molar-refractivity contribution >= 4 is 28.8 Å². The highest BCUT2D eigenvalue weighted by molar-refractivity contribution is 7.08. The summed E-state index contributed by atoms with van der Waals surface area (Å²) in [5, 5.41) is 11.9. The predicted octanol–water partition coefficient (Wildman–Crippen LogP) is 2.90. The molecule has 0 spiro atoms. The van der Waals surface area contributed by atoms with E-state index in [1.807, 2.05) is 16.8 Å². The first kappa shape index (κ1) is 19.5. The van der Waals surface area contributed by atoms with Gasteiger partial charge < -0.3 is 15.2 Å². The molecule has 2 heterocycles. The Morgan fingerprint density at radius 3 is 2.68 bits per heavy atom. The number of nitrogens with one attached hydrogen (secondary N) is 2. The van der Waals surface area contributed by atoms with Crippen LogP contribution < -0.4 is 10.6 Å². The number of amides is 2. The molecule has 0 radical (unpaired) electrons. The van der Waals surface area contributed by atoms with E-state index in [2.05, 4.69) is 20.8 Å². The number of carbonyl (C=O) groups is 2. The first-order chi connectivity index (χ1) is 13.4. The van der Waals surface area contributed by atoms with E-state index in [4.69, 9.17) is 4.52 Å². The van der Waals surface area contributed by atoms with Gasteiger partial charge in [0.2, 0.25) is 23.5 Å². The maximum Gasteiger partial charge on any atom is 0.243 e. The third kappa shape index (κ3) is 4.74. The number of halogens is 3. The summed E-state index contributed by atoms with van der Waals surface area (Å²) in [6.45, 7) is -0.471. The summed E-state index contributed by atoms with van der Waals surface area (Å²) in [4.78, 5) is 27.7. The van der Waals surface area contributed by atoms with Gasteiger partial charge in [-0.15, -0.1) is 0 Å². The summed E-state index contributed by atoms with van der Waals surface area (Å²) >= 11 is 1.49. The van der Waals surface area contributed by atoms with Crippen LogP contribution in [0.2, 0.25) is 0 Å². The minimum absolute atomic E-state index is 0.0158. The van der Waals surface area contributed by atoms with Crippen LogP contribution in [0.4, 0.5) is 18.9 Å². The maximum absolute atomic E-state index is 13.5. The number of aryl methyl sites for hydroxylation is 1. The standard InChI is InChI=1S/C17H13F3N4O3S/c18-10-1-2-11(16(20)15(10)19)22-13(26)7-21-12(25)3-4-14-23-17(24-27-14)9-5-6-28-8-9/h1-2,5-6,8H,3-4,7H2,(H,21,25)(H,22,26). The predicted molar refractivity (Wildman–Crippen MR) is 93.9 cm³/mol. The molecule has 0 aliphatic carbocycles. The Morgan fingerprint density at radius 2 is 1.93 bits per heavy atom. The van der Waals surface area contributed by atoms with E-state index in [1.54, 1.807) is 0 Å². The van der Waals surface area contributed by atoms with Crippen LogP contribution in [0.1, 0.15) is 12.3 Å². The highest BCUT2D eigenvalue weighted by Gasteiger charge is 2.16. The third-order valence-corrected chi connectivity index (χ3v) is 4.25. The van der Waals surface area contributed by atoms with Gasteiger partial charge in [-0.2, -0.15) is 16.3 Å². The van der Waals surface area contributed by atoms with Crippen LogP contribution in [0.3, 0.4) is 0 Å². The van der Waals surface area contributed by atoms with Crippen molar-refractivity contribution in [3.05, 3.63) is 52.3 Å². The van der Waals surface area contributed by atoms with Gasteiger partial charge in [0.15, 0.2) is 17.5 Å². The van der Waals surface area contributed by atoms with E-state index in [-0.39, 0.29) is 18.7 Å². The molecule has 0 aliphatic rings. The average molecular weight is 410 g/mol. The van der Waals surface area contributed by atoms with Gasteiger partial charge in [0, 0.05) is 23.8 Å². The summed E-state index contributed by atoms with van der Waals surface area (Å²) in [7, 11) is 0. The monoisotopic (exact) mass is 410 g/mol. The second kappa shape index (κ2) is 8.65. The van der Waals surface area contributed by atoms with Gasteiger partial charge in [-0.25, -0.2) is 13.2 Å². The van der Waals surface area contributed by atoms with Gasteiger partial charge in [-0.05, 0) is 23.6 Å². The molecule has 3 rings (SSSR count). The maximum atomic E-state index is 13.5. The summed E-state index contributed by atoms with van der Waals surface area (Å²) in [6.07, 6.45) is 0.153. The van der Waals surface area contributed by atoms with Crippen LogP contribution in [0.5, 0.6) is 0 Å². The highest BCUT2D eigenvalue weighted by atomic mass is 32.1. The van der Waals surface area contributed by atoms with Gasteiger partial charge in [0.1, 0.15) is 0 Å². The molecular formula is C17H13F3N4O3S.